The molecule has 2 N–H and O–H groups in total. The minimum absolute atomic E-state index is 0. The number of nitrogens with one attached hydrogen (secondary N) is 1. The van der Waals surface area contributed by atoms with Gasteiger partial charge in [0.25, 0.3) is 21.5 Å². The van der Waals surface area contributed by atoms with Gasteiger partial charge in [-0.2, -0.15) is 8.42 Å². The van der Waals surface area contributed by atoms with E-state index in [9.17, 15) is 41.6 Å². The van der Waals surface area contributed by atoms with Crippen LogP contribution in [0.2, 0.25) is 5.02 Å². The summed E-state index contributed by atoms with van der Waals surface area (Å²) < 4.78 is 62.9. The average molecular weight is 744 g/mol. The number of rotatable bonds is 23. The Kier molecular flexibility index (Phi) is 24.2. The summed E-state index contributed by atoms with van der Waals surface area (Å²) in [6, 6.07) is 5.91. The van der Waals surface area contributed by atoms with Gasteiger partial charge < -0.3 is 9.87 Å². The quantitative estimate of drug-likeness (QED) is 0.0439. The van der Waals surface area contributed by atoms with E-state index in [-0.39, 0.29) is 46.0 Å². The zero-order chi connectivity index (χ0) is 35.3. The molecule has 0 fully saturated rings. The monoisotopic (exact) mass is 743 g/mol. The van der Waals surface area contributed by atoms with Gasteiger partial charge in [0, 0.05) is 18.7 Å². The Morgan fingerprint density at radius 3 is 1.46 bits per heavy atom. The third kappa shape index (κ3) is 20.0. The van der Waals surface area contributed by atoms with Crippen molar-refractivity contribution >= 4 is 48.9 Å². The van der Waals surface area contributed by atoms with Crippen molar-refractivity contribution in [2.45, 2.75) is 126 Å². The van der Waals surface area contributed by atoms with Gasteiger partial charge in [-0.05, 0) is 30.7 Å². The molecule has 2 aromatic rings. The number of anilines is 1. The summed E-state index contributed by atoms with van der Waals surface area (Å²) in [5.41, 5.74) is -0.690. The first-order chi connectivity index (χ1) is 22.2. The van der Waals surface area contributed by atoms with Gasteiger partial charge >= 0.3 is 29.6 Å². The Bertz CT molecular complexity index is 1480. The van der Waals surface area contributed by atoms with Crippen LogP contribution in [0.4, 0.5) is 17.1 Å². The van der Waals surface area contributed by atoms with E-state index >= 15 is 0 Å². The fourth-order valence-corrected chi connectivity index (χ4v) is 6.01. The molecule has 0 heterocycles. The standard InChI is InChI=1S/C25H44N2O5S.C6H4ClNO5S.Na/c1-2-3-4-5-6-7-8-9-10-11-12-13-14-15-16-17-18-21-26-24-20-19-23(33(30,31)32)22-25(24)27(28)29;7-5-2-1-4(14(11,12)13)3-6(5)8(9)10;/h19-20,22,26H,2-18,21H2,1H3,(H,30,31,32);1-3H,(H,11,12,13);/q;;+1/p-1. The van der Waals surface area contributed by atoms with Crippen LogP contribution in [0.25, 0.3) is 0 Å². The second-order valence-electron chi connectivity index (χ2n) is 11.3. The molecule has 0 aromatic heterocycles. The molecule has 0 aliphatic heterocycles. The van der Waals surface area contributed by atoms with Crippen LogP contribution in [0.15, 0.2) is 46.2 Å². The second-order valence-corrected chi connectivity index (χ2v) is 14.5. The van der Waals surface area contributed by atoms with Crippen molar-refractivity contribution in [2.24, 2.45) is 0 Å². The Hall–Kier alpha value is -1.85. The van der Waals surface area contributed by atoms with Crippen LogP contribution in [0.3, 0.4) is 0 Å². The van der Waals surface area contributed by atoms with Gasteiger partial charge in [0.2, 0.25) is 0 Å². The molecule has 17 heteroatoms. The molecule has 0 radical (unpaired) electrons. The number of nitrogens with zero attached hydrogens (tertiary/aromatic N) is 2. The van der Waals surface area contributed by atoms with Gasteiger partial charge in [0.15, 0.2) is 0 Å². The minimum Gasteiger partial charge on any atom is -0.744 e. The molecule has 0 aliphatic rings. The predicted octanol–water partition coefficient (Wildman–Crippen LogP) is 6.06. The van der Waals surface area contributed by atoms with E-state index in [1.807, 2.05) is 0 Å². The summed E-state index contributed by atoms with van der Waals surface area (Å²) in [6.45, 7) is 2.85. The molecule has 0 amide bonds. The molecular formula is C31H47ClN3NaO10S2. The molecule has 0 saturated heterocycles. The first-order valence-corrected chi connectivity index (χ1v) is 19.3. The zero-order valence-electron chi connectivity index (χ0n) is 27.9. The van der Waals surface area contributed by atoms with Crippen LogP contribution in [-0.2, 0) is 20.2 Å². The van der Waals surface area contributed by atoms with Crippen molar-refractivity contribution in [3.05, 3.63) is 61.6 Å². The summed E-state index contributed by atoms with van der Waals surface area (Å²) in [6.07, 6.45) is 22.1. The Labute approximate surface area is 311 Å². The van der Waals surface area contributed by atoms with E-state index in [0.29, 0.717) is 12.6 Å². The van der Waals surface area contributed by atoms with Crippen molar-refractivity contribution in [3.8, 4) is 0 Å². The molecule has 48 heavy (non-hydrogen) atoms. The maximum absolute atomic E-state index is 11.2. The first-order valence-electron chi connectivity index (χ1n) is 16.1. The summed E-state index contributed by atoms with van der Waals surface area (Å²) in [5, 5.41) is 24.3. The van der Waals surface area contributed by atoms with Gasteiger partial charge in [0.05, 0.1) is 14.7 Å². The van der Waals surface area contributed by atoms with E-state index < -0.39 is 45.6 Å². The van der Waals surface area contributed by atoms with Gasteiger partial charge in [-0.25, -0.2) is 8.42 Å². The summed E-state index contributed by atoms with van der Waals surface area (Å²) in [4.78, 5) is 18.8. The maximum Gasteiger partial charge on any atom is 1.00 e. The molecule has 2 aromatic carbocycles. The van der Waals surface area contributed by atoms with Crippen LogP contribution in [0.5, 0.6) is 0 Å². The van der Waals surface area contributed by atoms with Crippen LogP contribution in [0, 0.1) is 20.2 Å². The number of unbranched alkanes of at least 4 members (excludes halogenated alkanes) is 16. The molecule has 13 nitrogen and oxygen atoms in total. The van der Waals surface area contributed by atoms with E-state index in [1.54, 1.807) is 0 Å². The van der Waals surface area contributed by atoms with E-state index in [0.717, 1.165) is 37.5 Å². The van der Waals surface area contributed by atoms with Gasteiger partial charge in [0.1, 0.15) is 25.7 Å². The summed E-state index contributed by atoms with van der Waals surface area (Å²) in [7, 11) is -9.15. The van der Waals surface area contributed by atoms with Crippen molar-refractivity contribution in [1.29, 1.82) is 0 Å². The summed E-state index contributed by atoms with van der Waals surface area (Å²) in [5.74, 6) is 0. The molecule has 266 valence electrons. The van der Waals surface area contributed by atoms with E-state index in [2.05, 4.69) is 12.2 Å². The van der Waals surface area contributed by atoms with Gasteiger partial charge in [-0.1, -0.05) is 121 Å². The van der Waals surface area contributed by atoms with E-state index in [1.165, 1.54) is 102 Å². The van der Waals surface area contributed by atoms with Crippen molar-refractivity contribution in [3.63, 3.8) is 0 Å². The third-order valence-electron chi connectivity index (χ3n) is 7.46. The van der Waals surface area contributed by atoms with Crippen molar-refractivity contribution in [1.82, 2.24) is 0 Å². The normalized spacial score (nSPS) is 11.2. The molecule has 0 spiro atoms. The Morgan fingerprint density at radius 2 is 1.06 bits per heavy atom. The Balaban J connectivity index is 0.00000123. The van der Waals surface area contributed by atoms with Crippen LogP contribution >= 0.6 is 11.6 Å². The molecule has 0 saturated carbocycles. The fourth-order valence-electron chi connectivity index (χ4n) is 4.83. The van der Waals surface area contributed by atoms with Crippen molar-refractivity contribution < 1.29 is 65.3 Å². The average Bonchev–Trinajstić information content (AvgIpc) is 2.99. The molecule has 0 atom stereocenters. The molecular weight excluding hydrogens is 697 g/mol. The topological polar surface area (TPSA) is 210 Å². The van der Waals surface area contributed by atoms with Crippen molar-refractivity contribution in [2.75, 3.05) is 11.9 Å². The van der Waals surface area contributed by atoms with Crippen LogP contribution in [0.1, 0.15) is 116 Å². The van der Waals surface area contributed by atoms with Crippen LogP contribution < -0.4 is 34.9 Å². The fraction of sp³-hybridized carbons (Fsp3) is 0.613. The number of halogens is 1. The SMILES string of the molecule is CCCCCCCCCCCCCCCCCCCNc1ccc(S(=O)(=O)O)cc1[N+](=O)[O-].O=[N+]([O-])c1cc(S(=O)(=O)[O-])ccc1Cl.[Na+]. The van der Waals surface area contributed by atoms with Crippen LogP contribution in [-0.4, -0.2) is 42.3 Å². The third-order valence-corrected chi connectivity index (χ3v) is 9.46. The number of hydrogen-bond donors (Lipinski definition) is 2. The van der Waals surface area contributed by atoms with E-state index in [4.69, 9.17) is 16.2 Å². The predicted molar refractivity (Wildman–Crippen MR) is 182 cm³/mol. The molecule has 0 aliphatic carbocycles. The molecule has 0 bridgehead atoms. The smallest absolute Gasteiger partial charge is 0.744 e. The number of hydrogen-bond acceptors (Lipinski definition) is 10. The summed E-state index contributed by atoms with van der Waals surface area (Å²) >= 11 is 5.40. The number of benzene rings is 2. The van der Waals surface area contributed by atoms with Gasteiger partial charge in [-0.3, -0.25) is 24.8 Å². The number of nitro groups is 2. The Morgan fingerprint density at radius 1 is 0.667 bits per heavy atom. The maximum atomic E-state index is 11.2. The minimum atomic E-state index is -4.69. The number of nitro benzene ring substituents is 2. The first kappa shape index (κ1) is 46.1. The largest absolute Gasteiger partial charge is 1.00 e. The second kappa shape index (κ2) is 25.2. The van der Waals surface area contributed by atoms with Gasteiger partial charge in [-0.15, -0.1) is 0 Å². The molecule has 0 unspecified atom stereocenters. The zero-order valence-corrected chi connectivity index (χ0v) is 32.3. The molecule has 2 rings (SSSR count).